The van der Waals surface area contributed by atoms with E-state index in [2.05, 4.69) is 10.2 Å². The summed E-state index contributed by atoms with van der Waals surface area (Å²) in [5, 5.41) is 3.28. The third-order valence-corrected chi connectivity index (χ3v) is 4.66. The van der Waals surface area contributed by atoms with Crippen LogP contribution in [0, 0.1) is 0 Å². The van der Waals surface area contributed by atoms with E-state index in [9.17, 15) is 4.79 Å². The number of carbonyl (C=O) groups excluding carboxylic acids is 1. The Morgan fingerprint density at radius 2 is 1.86 bits per heavy atom. The Balaban J connectivity index is 0.00000110. The van der Waals surface area contributed by atoms with E-state index in [0.29, 0.717) is 6.42 Å². The van der Waals surface area contributed by atoms with Crippen molar-refractivity contribution >= 4 is 30.7 Å². The van der Waals surface area contributed by atoms with E-state index in [-0.39, 0.29) is 36.8 Å². The van der Waals surface area contributed by atoms with Crippen molar-refractivity contribution in [3.05, 3.63) is 0 Å². The summed E-state index contributed by atoms with van der Waals surface area (Å²) in [4.78, 5) is 16.8. The highest BCUT2D eigenvalue weighted by Gasteiger charge is 2.30. The molecule has 3 rings (SSSR count). The second-order valence-corrected chi connectivity index (χ2v) is 5.90. The molecule has 1 unspecified atom stereocenters. The molecule has 1 atom stereocenters. The van der Waals surface area contributed by atoms with Crippen LogP contribution in [0.4, 0.5) is 0 Å². The van der Waals surface area contributed by atoms with Gasteiger partial charge in [0.2, 0.25) is 5.91 Å². The summed E-state index contributed by atoms with van der Waals surface area (Å²) in [5.41, 5.74) is 0. The highest BCUT2D eigenvalue weighted by molar-refractivity contribution is 5.85. The van der Waals surface area contributed by atoms with Gasteiger partial charge in [0.25, 0.3) is 0 Å². The van der Waals surface area contributed by atoms with Gasteiger partial charge in [-0.25, -0.2) is 0 Å². The second kappa shape index (κ2) is 9.16. The van der Waals surface area contributed by atoms with Gasteiger partial charge in [0, 0.05) is 45.3 Å². The fourth-order valence-corrected chi connectivity index (χ4v) is 3.16. The lowest BCUT2D eigenvalue weighted by atomic mass is 9.91. The molecule has 21 heavy (non-hydrogen) atoms. The first kappa shape index (κ1) is 19.0. The highest BCUT2D eigenvalue weighted by atomic mass is 35.5. The number of halogens is 2. The van der Waals surface area contributed by atoms with Gasteiger partial charge < -0.3 is 15.0 Å². The Labute approximate surface area is 139 Å². The summed E-state index contributed by atoms with van der Waals surface area (Å²) in [6.07, 6.45) is 4.71. The summed E-state index contributed by atoms with van der Waals surface area (Å²) in [6, 6.07) is 0.808. The number of piperazine rings is 1. The predicted octanol–water partition coefficient (Wildman–Crippen LogP) is 0.905. The summed E-state index contributed by atoms with van der Waals surface area (Å²) in [7, 11) is 0. The van der Waals surface area contributed by atoms with Gasteiger partial charge in [-0.15, -0.1) is 24.8 Å². The Morgan fingerprint density at radius 3 is 2.38 bits per heavy atom. The summed E-state index contributed by atoms with van der Waals surface area (Å²) >= 11 is 0. The van der Waals surface area contributed by atoms with Crippen LogP contribution < -0.4 is 5.32 Å². The zero-order chi connectivity index (χ0) is 13.1. The molecule has 0 aromatic carbocycles. The van der Waals surface area contributed by atoms with Crippen LogP contribution >= 0.6 is 24.8 Å². The second-order valence-electron chi connectivity index (χ2n) is 5.90. The van der Waals surface area contributed by atoms with Crippen molar-refractivity contribution in [2.75, 3.05) is 45.9 Å². The first-order valence-electron chi connectivity index (χ1n) is 7.67. The fourth-order valence-electron chi connectivity index (χ4n) is 3.16. The normalized spacial score (nSPS) is 27.2. The van der Waals surface area contributed by atoms with Crippen molar-refractivity contribution in [3.8, 4) is 0 Å². The van der Waals surface area contributed by atoms with Crippen LogP contribution in [0.25, 0.3) is 0 Å². The van der Waals surface area contributed by atoms with E-state index in [1.165, 1.54) is 19.3 Å². The molecule has 7 heteroatoms. The molecular formula is C14H27Cl2N3O2. The maximum atomic E-state index is 12.2. The lowest BCUT2D eigenvalue weighted by Crippen LogP contribution is -2.54. The zero-order valence-electron chi connectivity index (χ0n) is 12.5. The van der Waals surface area contributed by atoms with Crippen LogP contribution in [0.2, 0.25) is 0 Å². The molecule has 3 fully saturated rings. The quantitative estimate of drug-likeness (QED) is 0.829. The molecule has 0 aromatic rings. The number of ether oxygens (including phenoxy) is 1. The zero-order valence-corrected chi connectivity index (χ0v) is 14.1. The standard InChI is InChI=1S/C14H25N3O2.2ClH/c18-14(10-13-11-15-4-9-19-13)17-7-5-16(6-8-17)12-2-1-3-12;;/h12-13,15H,1-11H2;2*1H. The number of hydrogen-bond donors (Lipinski definition) is 1. The first-order chi connectivity index (χ1) is 9.33. The topological polar surface area (TPSA) is 44.8 Å². The van der Waals surface area contributed by atoms with Gasteiger partial charge in [0.1, 0.15) is 0 Å². The lowest BCUT2D eigenvalue weighted by Gasteiger charge is -2.43. The van der Waals surface area contributed by atoms with Crippen LogP contribution in [0.5, 0.6) is 0 Å². The first-order valence-corrected chi connectivity index (χ1v) is 7.67. The fraction of sp³-hybridized carbons (Fsp3) is 0.929. The number of amides is 1. The number of nitrogens with zero attached hydrogens (tertiary/aromatic N) is 2. The molecule has 2 aliphatic heterocycles. The maximum Gasteiger partial charge on any atom is 0.225 e. The van der Waals surface area contributed by atoms with Gasteiger partial charge in [0.15, 0.2) is 0 Å². The third-order valence-electron chi connectivity index (χ3n) is 4.66. The summed E-state index contributed by atoms with van der Waals surface area (Å²) < 4.78 is 5.60. The molecule has 124 valence electrons. The van der Waals surface area contributed by atoms with E-state index in [0.717, 1.165) is 51.9 Å². The minimum atomic E-state index is 0. The Morgan fingerprint density at radius 1 is 1.14 bits per heavy atom. The molecule has 2 saturated heterocycles. The van der Waals surface area contributed by atoms with E-state index in [1.54, 1.807) is 0 Å². The van der Waals surface area contributed by atoms with Crippen LogP contribution in [-0.4, -0.2) is 73.7 Å². The Hall–Kier alpha value is -0.0700. The molecule has 3 aliphatic rings. The number of morpholine rings is 1. The largest absolute Gasteiger partial charge is 0.375 e. The van der Waals surface area contributed by atoms with Gasteiger partial charge in [-0.05, 0) is 12.8 Å². The van der Waals surface area contributed by atoms with E-state index in [4.69, 9.17) is 4.74 Å². The van der Waals surface area contributed by atoms with Gasteiger partial charge in [-0.3, -0.25) is 9.69 Å². The van der Waals surface area contributed by atoms with Gasteiger partial charge in [0.05, 0.1) is 19.1 Å². The third kappa shape index (κ3) is 4.96. The molecule has 0 aromatic heterocycles. The van der Waals surface area contributed by atoms with Crippen molar-refractivity contribution in [3.63, 3.8) is 0 Å². The summed E-state index contributed by atoms with van der Waals surface area (Å²) in [5.74, 6) is 0.266. The van der Waals surface area contributed by atoms with Gasteiger partial charge in [-0.1, -0.05) is 6.42 Å². The number of hydrogen-bond acceptors (Lipinski definition) is 4. The van der Waals surface area contributed by atoms with Gasteiger partial charge in [-0.2, -0.15) is 0 Å². The number of carbonyl (C=O) groups is 1. The van der Waals surface area contributed by atoms with Crippen LogP contribution in [0.3, 0.4) is 0 Å². The van der Waals surface area contributed by atoms with Crippen LogP contribution in [0.1, 0.15) is 25.7 Å². The molecule has 5 nitrogen and oxygen atoms in total. The SMILES string of the molecule is Cl.Cl.O=C(CC1CNCCO1)N1CCN(C2CCC2)CC1. The average Bonchev–Trinajstić information content (AvgIpc) is 2.39. The molecule has 0 bridgehead atoms. The van der Waals surface area contributed by atoms with Crippen LogP contribution in [-0.2, 0) is 9.53 Å². The molecule has 1 aliphatic carbocycles. The van der Waals surface area contributed by atoms with Crippen molar-refractivity contribution in [2.24, 2.45) is 0 Å². The molecule has 1 amide bonds. The molecular weight excluding hydrogens is 313 g/mol. The maximum absolute atomic E-state index is 12.2. The van der Waals surface area contributed by atoms with Crippen LogP contribution in [0.15, 0.2) is 0 Å². The Bertz CT molecular complexity index is 315. The minimum absolute atomic E-state index is 0. The summed E-state index contributed by atoms with van der Waals surface area (Å²) in [6.45, 7) is 6.36. The Kier molecular flexibility index (Phi) is 8.27. The monoisotopic (exact) mass is 339 g/mol. The van der Waals surface area contributed by atoms with E-state index in [1.807, 2.05) is 4.90 Å². The van der Waals surface area contributed by atoms with Crippen molar-refractivity contribution < 1.29 is 9.53 Å². The molecule has 2 heterocycles. The molecule has 1 saturated carbocycles. The van der Waals surface area contributed by atoms with E-state index >= 15 is 0 Å². The molecule has 0 spiro atoms. The molecule has 0 radical (unpaired) electrons. The van der Waals surface area contributed by atoms with Crippen molar-refractivity contribution in [2.45, 2.75) is 37.8 Å². The number of nitrogens with one attached hydrogen (secondary N) is 1. The smallest absolute Gasteiger partial charge is 0.225 e. The van der Waals surface area contributed by atoms with Crippen molar-refractivity contribution in [1.82, 2.24) is 15.1 Å². The minimum Gasteiger partial charge on any atom is -0.375 e. The molecule has 1 N–H and O–H groups in total. The predicted molar refractivity (Wildman–Crippen MR) is 87.5 cm³/mol. The van der Waals surface area contributed by atoms with Gasteiger partial charge >= 0.3 is 0 Å². The van der Waals surface area contributed by atoms with Crippen molar-refractivity contribution in [1.29, 1.82) is 0 Å². The van der Waals surface area contributed by atoms with E-state index < -0.39 is 0 Å². The highest BCUT2D eigenvalue weighted by Crippen LogP contribution is 2.25. The number of rotatable bonds is 3. The lowest BCUT2D eigenvalue weighted by molar-refractivity contribution is -0.137. The average molecular weight is 340 g/mol.